The number of fused-ring (bicyclic) bond motifs is 1. The van der Waals surface area contributed by atoms with E-state index in [-0.39, 0.29) is 0 Å². The summed E-state index contributed by atoms with van der Waals surface area (Å²) in [5.74, 6) is 0. The molecule has 76 valence electrons. The number of aryl methyl sites for hydroxylation is 2. The molecule has 0 aromatic heterocycles. The van der Waals surface area contributed by atoms with Gasteiger partial charge in [0.1, 0.15) is 0 Å². The van der Waals surface area contributed by atoms with Crippen LogP contribution < -0.4 is 0 Å². The number of aliphatic hydroxyl groups excluding tert-OH is 1. The molecule has 0 heterocycles. The molecule has 1 aliphatic rings. The van der Waals surface area contributed by atoms with E-state index in [9.17, 15) is 0 Å². The molecule has 0 radical (unpaired) electrons. The van der Waals surface area contributed by atoms with Gasteiger partial charge in [-0.3, -0.25) is 0 Å². The standard InChI is InChI=1S/C13H18O/c1-10-7-8-11(4-3-9-14)13-6-2-5-12(10)13/h7-8,14H,2-6,9H2,1H3. The lowest BCUT2D eigenvalue weighted by Gasteiger charge is -2.10. The van der Waals surface area contributed by atoms with Crippen molar-refractivity contribution in [1.29, 1.82) is 0 Å². The van der Waals surface area contributed by atoms with Crippen LogP contribution in [0.25, 0.3) is 0 Å². The average Bonchev–Trinajstić information content (AvgIpc) is 2.66. The molecule has 14 heavy (non-hydrogen) atoms. The Kier molecular flexibility index (Phi) is 2.87. The van der Waals surface area contributed by atoms with Gasteiger partial charge in [0.05, 0.1) is 0 Å². The van der Waals surface area contributed by atoms with Gasteiger partial charge in [-0.2, -0.15) is 0 Å². The Labute approximate surface area is 85.8 Å². The highest BCUT2D eigenvalue weighted by atomic mass is 16.2. The van der Waals surface area contributed by atoms with Gasteiger partial charge >= 0.3 is 0 Å². The lowest BCUT2D eigenvalue weighted by Crippen LogP contribution is -1.97. The largest absolute Gasteiger partial charge is 0.396 e. The van der Waals surface area contributed by atoms with E-state index < -0.39 is 0 Å². The molecule has 1 nitrogen and oxygen atoms in total. The third-order valence-corrected chi connectivity index (χ3v) is 3.22. The maximum absolute atomic E-state index is 8.83. The highest BCUT2D eigenvalue weighted by Crippen LogP contribution is 2.28. The minimum absolute atomic E-state index is 0.308. The second kappa shape index (κ2) is 4.14. The molecule has 0 unspecified atom stereocenters. The Morgan fingerprint density at radius 3 is 2.79 bits per heavy atom. The lowest BCUT2D eigenvalue weighted by atomic mass is 9.96. The third-order valence-electron chi connectivity index (χ3n) is 3.22. The van der Waals surface area contributed by atoms with Gasteiger partial charge in [0.25, 0.3) is 0 Å². The fourth-order valence-electron chi connectivity index (χ4n) is 2.46. The van der Waals surface area contributed by atoms with Gasteiger partial charge in [0.2, 0.25) is 0 Å². The first-order valence-corrected chi connectivity index (χ1v) is 5.54. The van der Waals surface area contributed by atoms with Gasteiger partial charge < -0.3 is 5.11 Å². The van der Waals surface area contributed by atoms with Crippen LogP contribution in [0.1, 0.15) is 35.1 Å². The molecule has 0 spiro atoms. The molecule has 0 aliphatic heterocycles. The zero-order valence-corrected chi connectivity index (χ0v) is 8.84. The molecule has 0 amide bonds. The Balaban J connectivity index is 2.29. The Bertz CT molecular complexity index is 328. The van der Waals surface area contributed by atoms with Gasteiger partial charge in [0.15, 0.2) is 0 Å². The monoisotopic (exact) mass is 190 g/mol. The molecule has 0 fully saturated rings. The molecule has 1 heteroatoms. The molecular weight excluding hydrogens is 172 g/mol. The van der Waals surface area contributed by atoms with Crippen molar-refractivity contribution in [2.45, 2.75) is 39.0 Å². The fourth-order valence-corrected chi connectivity index (χ4v) is 2.46. The van der Waals surface area contributed by atoms with Crippen LogP contribution in [0.3, 0.4) is 0 Å². The maximum atomic E-state index is 8.83. The smallest absolute Gasteiger partial charge is 0.0434 e. The number of rotatable bonds is 3. The van der Waals surface area contributed by atoms with Gasteiger partial charge in [-0.1, -0.05) is 12.1 Å². The van der Waals surface area contributed by atoms with Crippen LogP contribution >= 0.6 is 0 Å². The summed E-state index contributed by atoms with van der Waals surface area (Å²) in [6.07, 6.45) is 5.76. The van der Waals surface area contributed by atoms with E-state index in [1.54, 1.807) is 11.1 Å². The average molecular weight is 190 g/mol. The first kappa shape index (κ1) is 9.72. The Morgan fingerprint density at radius 1 is 1.21 bits per heavy atom. The minimum atomic E-state index is 0.308. The van der Waals surface area contributed by atoms with Gasteiger partial charge in [-0.25, -0.2) is 0 Å². The number of aliphatic hydroxyl groups is 1. The van der Waals surface area contributed by atoms with Crippen LogP contribution in [0.15, 0.2) is 12.1 Å². The van der Waals surface area contributed by atoms with E-state index in [1.807, 2.05) is 0 Å². The van der Waals surface area contributed by atoms with Crippen LogP contribution in [0.5, 0.6) is 0 Å². The topological polar surface area (TPSA) is 20.2 Å². The Hall–Kier alpha value is -0.820. The van der Waals surface area contributed by atoms with E-state index in [0.717, 1.165) is 12.8 Å². The highest BCUT2D eigenvalue weighted by molar-refractivity contribution is 5.43. The van der Waals surface area contributed by atoms with Gasteiger partial charge in [-0.15, -0.1) is 0 Å². The predicted molar refractivity (Wildman–Crippen MR) is 58.6 cm³/mol. The van der Waals surface area contributed by atoms with E-state index in [4.69, 9.17) is 5.11 Å². The van der Waals surface area contributed by atoms with Crippen molar-refractivity contribution < 1.29 is 5.11 Å². The third kappa shape index (κ3) is 1.69. The van der Waals surface area contributed by atoms with Crippen molar-refractivity contribution in [1.82, 2.24) is 0 Å². The van der Waals surface area contributed by atoms with Crippen LogP contribution in [0.4, 0.5) is 0 Å². The van der Waals surface area contributed by atoms with Crippen LogP contribution in [0.2, 0.25) is 0 Å². The molecule has 0 bridgehead atoms. The molecule has 1 aromatic carbocycles. The molecular formula is C13H18O. The van der Waals surface area contributed by atoms with Crippen LogP contribution in [-0.4, -0.2) is 11.7 Å². The summed E-state index contributed by atoms with van der Waals surface area (Å²) in [4.78, 5) is 0. The summed E-state index contributed by atoms with van der Waals surface area (Å²) >= 11 is 0. The summed E-state index contributed by atoms with van der Waals surface area (Å²) < 4.78 is 0. The van der Waals surface area contributed by atoms with E-state index in [2.05, 4.69) is 19.1 Å². The van der Waals surface area contributed by atoms with Crippen molar-refractivity contribution in [2.75, 3.05) is 6.61 Å². The van der Waals surface area contributed by atoms with Crippen molar-refractivity contribution in [3.63, 3.8) is 0 Å². The second-order valence-corrected chi connectivity index (χ2v) is 4.18. The van der Waals surface area contributed by atoms with E-state index in [0.29, 0.717) is 6.61 Å². The molecule has 2 rings (SSSR count). The SMILES string of the molecule is Cc1ccc(CCCO)c2c1CCC2. The molecule has 1 aliphatic carbocycles. The minimum Gasteiger partial charge on any atom is -0.396 e. The first-order valence-electron chi connectivity index (χ1n) is 5.54. The van der Waals surface area contributed by atoms with Gasteiger partial charge in [-0.05, 0) is 61.3 Å². The van der Waals surface area contributed by atoms with Crippen LogP contribution in [-0.2, 0) is 19.3 Å². The van der Waals surface area contributed by atoms with Crippen LogP contribution in [0, 0.1) is 6.92 Å². The number of hydrogen-bond acceptors (Lipinski definition) is 1. The molecule has 1 N–H and O–H groups in total. The van der Waals surface area contributed by atoms with Crippen molar-refractivity contribution >= 4 is 0 Å². The quantitative estimate of drug-likeness (QED) is 0.776. The Morgan fingerprint density at radius 2 is 2.00 bits per heavy atom. The second-order valence-electron chi connectivity index (χ2n) is 4.18. The summed E-state index contributed by atoms with van der Waals surface area (Å²) in [5, 5.41) is 8.83. The summed E-state index contributed by atoms with van der Waals surface area (Å²) in [7, 11) is 0. The fraction of sp³-hybridized carbons (Fsp3) is 0.538. The van der Waals surface area contributed by atoms with E-state index in [1.165, 1.54) is 30.4 Å². The van der Waals surface area contributed by atoms with E-state index >= 15 is 0 Å². The summed E-state index contributed by atoms with van der Waals surface area (Å²) in [6, 6.07) is 4.48. The zero-order chi connectivity index (χ0) is 9.97. The maximum Gasteiger partial charge on any atom is 0.0434 e. The molecule has 0 atom stereocenters. The zero-order valence-electron chi connectivity index (χ0n) is 8.84. The van der Waals surface area contributed by atoms with Crippen molar-refractivity contribution in [2.24, 2.45) is 0 Å². The molecule has 1 aromatic rings. The molecule has 0 saturated heterocycles. The number of benzene rings is 1. The van der Waals surface area contributed by atoms with Crippen molar-refractivity contribution in [3.8, 4) is 0 Å². The summed E-state index contributed by atoms with van der Waals surface area (Å²) in [5.41, 5.74) is 6.08. The van der Waals surface area contributed by atoms with Crippen molar-refractivity contribution in [3.05, 3.63) is 34.4 Å². The predicted octanol–water partition coefficient (Wildman–Crippen LogP) is 2.41. The lowest BCUT2D eigenvalue weighted by molar-refractivity contribution is 0.288. The normalized spacial score (nSPS) is 14.4. The van der Waals surface area contributed by atoms with Gasteiger partial charge in [0, 0.05) is 6.61 Å². The number of hydrogen-bond donors (Lipinski definition) is 1. The molecule has 0 saturated carbocycles. The first-order chi connectivity index (χ1) is 6.83. The summed E-state index contributed by atoms with van der Waals surface area (Å²) in [6.45, 7) is 2.52. The highest BCUT2D eigenvalue weighted by Gasteiger charge is 2.15.